The average molecular weight is 371 g/mol. The van der Waals surface area contributed by atoms with Crippen LogP contribution in [0.5, 0.6) is 11.5 Å². The van der Waals surface area contributed by atoms with Gasteiger partial charge in [-0.2, -0.15) is 5.10 Å². The van der Waals surface area contributed by atoms with Crippen LogP contribution in [0.1, 0.15) is 0 Å². The summed E-state index contributed by atoms with van der Waals surface area (Å²) in [6.07, 6.45) is 0. The number of hydrogen-bond acceptors (Lipinski definition) is 4. The van der Waals surface area contributed by atoms with E-state index < -0.39 is 0 Å². The molecule has 28 heavy (non-hydrogen) atoms. The number of aromatic amines is 1. The molecular weight excluding hydrogens is 350 g/mol. The van der Waals surface area contributed by atoms with Crippen molar-refractivity contribution in [2.75, 3.05) is 18.9 Å². The molecule has 3 N–H and O–H groups in total. The van der Waals surface area contributed by atoms with Crippen LogP contribution in [-0.4, -0.2) is 23.4 Å². The molecule has 0 bridgehead atoms. The highest BCUT2D eigenvalue weighted by Crippen LogP contribution is 2.31. The van der Waals surface area contributed by atoms with Crippen molar-refractivity contribution >= 4 is 5.69 Å². The van der Waals surface area contributed by atoms with Crippen molar-refractivity contribution < 1.29 is 9.47 Å². The molecule has 0 radical (unpaired) electrons. The Morgan fingerprint density at radius 2 is 1.57 bits per heavy atom. The molecule has 140 valence electrons. The maximum Gasteiger partial charge on any atom is 0.128 e. The first kappa shape index (κ1) is 17.7. The zero-order valence-corrected chi connectivity index (χ0v) is 15.3. The maximum absolute atomic E-state index is 5.95. The average Bonchev–Trinajstić information content (AvgIpc) is 3.22. The van der Waals surface area contributed by atoms with Gasteiger partial charge in [-0.15, -0.1) is 0 Å². The Labute approximate surface area is 163 Å². The third-order valence-corrected chi connectivity index (χ3v) is 4.29. The lowest BCUT2D eigenvalue weighted by molar-refractivity contribution is 0.217. The Kier molecular flexibility index (Phi) is 5.24. The lowest BCUT2D eigenvalue weighted by Crippen LogP contribution is -2.09. The van der Waals surface area contributed by atoms with Crippen molar-refractivity contribution in [3.63, 3.8) is 0 Å². The number of rotatable bonds is 7. The highest BCUT2D eigenvalue weighted by atomic mass is 16.5. The van der Waals surface area contributed by atoms with E-state index in [9.17, 15) is 0 Å². The molecule has 1 aromatic heterocycles. The molecular formula is C23H21N3O2. The van der Waals surface area contributed by atoms with Crippen molar-refractivity contribution in [2.45, 2.75) is 0 Å². The van der Waals surface area contributed by atoms with Gasteiger partial charge in [-0.25, -0.2) is 0 Å². The van der Waals surface area contributed by atoms with Gasteiger partial charge in [0.25, 0.3) is 0 Å². The predicted molar refractivity (Wildman–Crippen MR) is 111 cm³/mol. The van der Waals surface area contributed by atoms with Gasteiger partial charge in [0.15, 0.2) is 0 Å². The largest absolute Gasteiger partial charge is 0.490 e. The molecule has 3 aromatic carbocycles. The minimum Gasteiger partial charge on any atom is -0.490 e. The summed E-state index contributed by atoms with van der Waals surface area (Å²) in [4.78, 5) is 0. The molecule has 5 nitrogen and oxygen atoms in total. The van der Waals surface area contributed by atoms with Crippen molar-refractivity contribution in [1.29, 1.82) is 0 Å². The van der Waals surface area contributed by atoms with Gasteiger partial charge >= 0.3 is 0 Å². The Morgan fingerprint density at radius 3 is 2.43 bits per heavy atom. The molecule has 1 heterocycles. The summed E-state index contributed by atoms with van der Waals surface area (Å²) in [5.41, 5.74) is 10.2. The number of H-pyrrole nitrogens is 1. The molecule has 0 saturated carbocycles. The standard InChI is InChI=1S/C23H21N3O2/c24-18-8-6-7-17(15-18)21-16-22(26-25-21)20-11-4-5-12-23(20)28-14-13-27-19-9-2-1-3-10-19/h1-12,15-16H,13-14,24H2,(H,25,26). The number of para-hydroxylation sites is 2. The highest BCUT2D eigenvalue weighted by Gasteiger charge is 2.11. The number of anilines is 1. The molecule has 0 aliphatic rings. The Bertz CT molecular complexity index is 1040. The summed E-state index contributed by atoms with van der Waals surface area (Å²) in [7, 11) is 0. The van der Waals surface area contributed by atoms with E-state index in [0.717, 1.165) is 34.0 Å². The number of benzene rings is 3. The summed E-state index contributed by atoms with van der Waals surface area (Å²) in [5, 5.41) is 7.51. The number of nitrogens with two attached hydrogens (primary N) is 1. The van der Waals surface area contributed by atoms with Crippen LogP contribution < -0.4 is 15.2 Å². The zero-order chi connectivity index (χ0) is 19.2. The number of nitrogens with one attached hydrogen (secondary N) is 1. The van der Waals surface area contributed by atoms with Crippen LogP contribution in [0.3, 0.4) is 0 Å². The van der Waals surface area contributed by atoms with Crippen LogP contribution in [0.25, 0.3) is 22.5 Å². The number of ether oxygens (including phenoxy) is 2. The van der Waals surface area contributed by atoms with Crippen LogP contribution in [0, 0.1) is 0 Å². The van der Waals surface area contributed by atoms with E-state index in [1.54, 1.807) is 0 Å². The first-order valence-electron chi connectivity index (χ1n) is 9.11. The van der Waals surface area contributed by atoms with Gasteiger partial charge in [-0.1, -0.05) is 42.5 Å². The second-order valence-corrected chi connectivity index (χ2v) is 6.30. The van der Waals surface area contributed by atoms with Crippen molar-refractivity contribution in [1.82, 2.24) is 10.2 Å². The normalized spacial score (nSPS) is 10.6. The molecule has 0 aliphatic heterocycles. The Hall–Kier alpha value is -3.73. The van der Waals surface area contributed by atoms with Gasteiger partial charge in [0.2, 0.25) is 0 Å². The van der Waals surface area contributed by atoms with Crippen molar-refractivity contribution in [2.24, 2.45) is 0 Å². The van der Waals surface area contributed by atoms with Gasteiger partial charge in [-0.3, -0.25) is 5.10 Å². The van der Waals surface area contributed by atoms with Crippen LogP contribution >= 0.6 is 0 Å². The summed E-state index contributed by atoms with van der Waals surface area (Å²) in [6, 6.07) is 27.2. The Balaban J connectivity index is 1.46. The van der Waals surface area contributed by atoms with Crippen LogP contribution in [0.2, 0.25) is 0 Å². The van der Waals surface area contributed by atoms with Crippen LogP contribution in [0.15, 0.2) is 84.9 Å². The number of nitrogen functional groups attached to an aromatic ring is 1. The van der Waals surface area contributed by atoms with Crippen LogP contribution in [-0.2, 0) is 0 Å². The van der Waals surface area contributed by atoms with Gasteiger partial charge in [0, 0.05) is 16.8 Å². The second kappa shape index (κ2) is 8.31. The molecule has 0 spiro atoms. The third-order valence-electron chi connectivity index (χ3n) is 4.29. The van der Waals surface area contributed by atoms with E-state index in [1.807, 2.05) is 84.9 Å². The molecule has 0 saturated heterocycles. The minimum atomic E-state index is 0.447. The lowest BCUT2D eigenvalue weighted by atomic mass is 10.1. The zero-order valence-electron chi connectivity index (χ0n) is 15.3. The molecule has 0 atom stereocenters. The molecule has 5 heteroatoms. The second-order valence-electron chi connectivity index (χ2n) is 6.30. The fraction of sp³-hybridized carbons (Fsp3) is 0.0870. The molecule has 0 fully saturated rings. The highest BCUT2D eigenvalue weighted by molar-refractivity contribution is 5.73. The van der Waals surface area contributed by atoms with E-state index in [2.05, 4.69) is 10.2 Å². The summed E-state index contributed by atoms with van der Waals surface area (Å²) in [6.45, 7) is 0.915. The van der Waals surface area contributed by atoms with Gasteiger partial charge in [0.1, 0.15) is 24.7 Å². The molecule has 0 aliphatic carbocycles. The quantitative estimate of drug-likeness (QED) is 0.362. The summed E-state index contributed by atoms with van der Waals surface area (Å²) < 4.78 is 11.6. The van der Waals surface area contributed by atoms with E-state index in [1.165, 1.54) is 0 Å². The minimum absolute atomic E-state index is 0.447. The van der Waals surface area contributed by atoms with E-state index >= 15 is 0 Å². The SMILES string of the molecule is Nc1cccc(-c2cc(-c3ccccc3OCCOc3ccccc3)[nH]n2)c1. The van der Waals surface area contributed by atoms with Gasteiger partial charge < -0.3 is 15.2 Å². The van der Waals surface area contributed by atoms with Crippen molar-refractivity contribution in [3.05, 3.63) is 84.9 Å². The molecule has 4 aromatic rings. The smallest absolute Gasteiger partial charge is 0.128 e. The van der Waals surface area contributed by atoms with E-state index in [4.69, 9.17) is 15.2 Å². The molecule has 0 amide bonds. The number of hydrogen-bond donors (Lipinski definition) is 2. The van der Waals surface area contributed by atoms with E-state index in [0.29, 0.717) is 18.9 Å². The summed E-state index contributed by atoms with van der Waals surface area (Å²) >= 11 is 0. The molecule has 4 rings (SSSR count). The lowest BCUT2D eigenvalue weighted by Gasteiger charge is -2.11. The van der Waals surface area contributed by atoms with Crippen LogP contribution in [0.4, 0.5) is 5.69 Å². The van der Waals surface area contributed by atoms with Gasteiger partial charge in [0.05, 0.1) is 11.4 Å². The monoisotopic (exact) mass is 371 g/mol. The molecule has 0 unspecified atom stereocenters. The maximum atomic E-state index is 5.95. The topological polar surface area (TPSA) is 73.2 Å². The number of aromatic nitrogens is 2. The first-order valence-corrected chi connectivity index (χ1v) is 9.11. The van der Waals surface area contributed by atoms with Crippen molar-refractivity contribution in [3.8, 4) is 34.0 Å². The van der Waals surface area contributed by atoms with E-state index in [-0.39, 0.29) is 0 Å². The van der Waals surface area contributed by atoms with Gasteiger partial charge in [-0.05, 0) is 42.5 Å². The summed E-state index contributed by atoms with van der Waals surface area (Å²) in [5.74, 6) is 1.61. The number of nitrogens with zero attached hydrogens (tertiary/aromatic N) is 1. The fourth-order valence-corrected chi connectivity index (χ4v) is 2.95. The first-order chi connectivity index (χ1) is 13.8. The Morgan fingerprint density at radius 1 is 0.786 bits per heavy atom. The predicted octanol–water partition coefficient (Wildman–Crippen LogP) is 4.78. The fourth-order valence-electron chi connectivity index (χ4n) is 2.95. The third kappa shape index (κ3) is 4.15.